The molecule has 6 heteroatoms. The zero-order chi connectivity index (χ0) is 19.0. The minimum Gasteiger partial charge on any atom is -1.00 e. The number of rotatable bonds is 18. The molecule has 0 heterocycles. The van der Waals surface area contributed by atoms with E-state index in [2.05, 4.69) is 47.2 Å². The van der Waals surface area contributed by atoms with Gasteiger partial charge in [0.15, 0.2) is 0 Å². The Bertz CT molecular complexity index is 290. The number of quaternary nitrogens is 3. The van der Waals surface area contributed by atoms with Crippen molar-refractivity contribution >= 4 is 0 Å². The highest BCUT2D eigenvalue weighted by Crippen LogP contribution is 2.10. The summed E-state index contributed by atoms with van der Waals surface area (Å²) in [7, 11) is 6.87. The molecule has 0 amide bonds. The second-order valence-electron chi connectivity index (χ2n) is 9.36. The van der Waals surface area contributed by atoms with Crippen molar-refractivity contribution < 1.29 is 66.1 Å². The Morgan fingerprint density at radius 2 is 1.07 bits per heavy atom. The fraction of sp³-hybridized carbons (Fsp3) is 1.00. The van der Waals surface area contributed by atoms with Gasteiger partial charge in [0, 0.05) is 0 Å². The minimum atomic E-state index is 0. The summed E-state index contributed by atoms with van der Waals surface area (Å²) < 4.78 is 0. The first-order chi connectivity index (χ1) is 11.9. The first-order valence-corrected chi connectivity index (χ1v) is 11.3. The fourth-order valence-corrected chi connectivity index (χ4v) is 3.91. The van der Waals surface area contributed by atoms with Crippen LogP contribution in [-0.4, -0.2) is 52.9 Å². The molecule has 0 aliphatic rings. The second kappa shape index (κ2) is 24.6. The third kappa shape index (κ3) is 27.3. The SMILES string of the molecule is CCCCCCCCCCCCC[NH+](C)CC[NH2+]C(C)(C)C[NH+](C)C.[Br-].[Br-].[Br-]. The summed E-state index contributed by atoms with van der Waals surface area (Å²) in [5, 5.41) is 2.55. The van der Waals surface area contributed by atoms with Gasteiger partial charge in [-0.25, -0.2) is 0 Å². The quantitative estimate of drug-likeness (QED) is 0.131. The lowest BCUT2D eigenvalue weighted by atomic mass is 10.1. The maximum Gasteiger partial charge on any atom is 0.140 e. The lowest BCUT2D eigenvalue weighted by Gasteiger charge is -2.24. The molecular weight excluding hydrogens is 546 g/mol. The summed E-state index contributed by atoms with van der Waals surface area (Å²) in [5.41, 5.74) is 0.371. The Hall–Kier alpha value is 1.32. The lowest BCUT2D eigenvalue weighted by Crippen LogP contribution is -3.16. The van der Waals surface area contributed by atoms with Gasteiger partial charge in [-0.3, -0.25) is 0 Å². The molecule has 1 atom stereocenters. The summed E-state index contributed by atoms with van der Waals surface area (Å²) in [6.45, 7) is 12.2. The molecule has 0 fully saturated rings. The van der Waals surface area contributed by atoms with Gasteiger partial charge in [0.05, 0.1) is 27.7 Å². The van der Waals surface area contributed by atoms with Crippen LogP contribution in [0.3, 0.4) is 0 Å². The van der Waals surface area contributed by atoms with Gasteiger partial charge < -0.3 is 66.1 Å². The van der Waals surface area contributed by atoms with Gasteiger partial charge in [-0.05, 0) is 26.7 Å². The van der Waals surface area contributed by atoms with E-state index in [1.807, 2.05) is 0 Å². The van der Waals surface area contributed by atoms with Crippen molar-refractivity contribution in [2.75, 3.05) is 47.3 Å². The molecule has 0 aromatic carbocycles. The maximum absolute atomic E-state index is 2.55. The van der Waals surface area contributed by atoms with Crippen molar-refractivity contribution in [3.05, 3.63) is 0 Å². The van der Waals surface area contributed by atoms with Crippen molar-refractivity contribution in [3.8, 4) is 0 Å². The van der Waals surface area contributed by atoms with E-state index in [0.717, 1.165) is 0 Å². The molecule has 0 saturated heterocycles. The summed E-state index contributed by atoms with van der Waals surface area (Å²) in [4.78, 5) is 3.25. The van der Waals surface area contributed by atoms with Crippen LogP contribution in [0.1, 0.15) is 91.4 Å². The Kier molecular flexibility index (Phi) is 32.2. The highest BCUT2D eigenvalue weighted by molar-refractivity contribution is 4.60. The van der Waals surface area contributed by atoms with Gasteiger partial charge in [0.25, 0.3) is 0 Å². The smallest absolute Gasteiger partial charge is 0.140 e. The number of nitrogens with one attached hydrogen (secondary N) is 2. The van der Waals surface area contributed by atoms with Crippen molar-refractivity contribution in [1.29, 1.82) is 0 Å². The van der Waals surface area contributed by atoms with E-state index in [-0.39, 0.29) is 50.9 Å². The molecule has 3 nitrogen and oxygen atoms in total. The van der Waals surface area contributed by atoms with Gasteiger partial charge in [0.1, 0.15) is 25.2 Å². The van der Waals surface area contributed by atoms with Crippen molar-refractivity contribution in [3.63, 3.8) is 0 Å². The number of likely N-dealkylation sites (N-methyl/N-ethyl adjacent to an activating group) is 2. The zero-order valence-electron chi connectivity index (χ0n) is 19.8. The molecule has 0 aliphatic carbocycles. The zero-order valence-corrected chi connectivity index (χ0v) is 24.6. The van der Waals surface area contributed by atoms with E-state index in [1.165, 1.54) is 96.8 Å². The monoisotopic (exact) mass is 595 g/mol. The molecule has 0 bridgehead atoms. The first-order valence-electron chi connectivity index (χ1n) is 11.3. The molecular formula is C22H52Br3N3. The molecule has 0 aromatic heterocycles. The van der Waals surface area contributed by atoms with Crippen LogP contribution in [0, 0.1) is 0 Å². The molecule has 0 aliphatic heterocycles. The van der Waals surface area contributed by atoms with Crippen molar-refractivity contribution in [1.82, 2.24) is 0 Å². The Morgan fingerprint density at radius 3 is 1.50 bits per heavy atom. The third-order valence-corrected chi connectivity index (χ3v) is 5.28. The van der Waals surface area contributed by atoms with Crippen LogP contribution in [0.4, 0.5) is 0 Å². The van der Waals surface area contributed by atoms with Crippen LogP contribution >= 0.6 is 0 Å². The Balaban J connectivity index is -0.000000960. The molecule has 28 heavy (non-hydrogen) atoms. The number of unbranched alkanes of at least 4 members (excludes halogenated alkanes) is 10. The van der Waals surface area contributed by atoms with Crippen LogP contribution in [0.2, 0.25) is 0 Å². The standard InChI is InChI=1S/C22H49N3.3BrH/c1-7-8-9-10-11-12-13-14-15-16-17-19-25(6)20-18-23-22(2,3)21-24(4)5;;;/h23H,7-21H2,1-6H3;3*1H. The summed E-state index contributed by atoms with van der Waals surface area (Å²) in [5.74, 6) is 0. The van der Waals surface area contributed by atoms with E-state index in [0.29, 0.717) is 5.54 Å². The molecule has 0 saturated carbocycles. The average molecular weight is 598 g/mol. The van der Waals surface area contributed by atoms with Crippen molar-refractivity contribution in [2.24, 2.45) is 0 Å². The van der Waals surface area contributed by atoms with E-state index in [1.54, 1.807) is 9.80 Å². The van der Waals surface area contributed by atoms with Crippen LogP contribution in [0.15, 0.2) is 0 Å². The highest BCUT2D eigenvalue weighted by Gasteiger charge is 2.24. The number of halogens is 3. The predicted octanol–water partition coefficient (Wildman–Crippen LogP) is -7.69. The Morgan fingerprint density at radius 1 is 0.643 bits per heavy atom. The van der Waals surface area contributed by atoms with Crippen LogP contribution in [-0.2, 0) is 0 Å². The number of hydrogen-bond acceptors (Lipinski definition) is 0. The summed E-state index contributed by atoms with van der Waals surface area (Å²) in [6, 6.07) is 0. The van der Waals surface area contributed by atoms with E-state index in [9.17, 15) is 0 Å². The highest BCUT2D eigenvalue weighted by atomic mass is 79.9. The Labute approximate surface area is 209 Å². The maximum atomic E-state index is 2.55. The van der Waals surface area contributed by atoms with Gasteiger partial charge in [-0.15, -0.1) is 0 Å². The first kappa shape index (κ1) is 36.7. The number of hydrogen-bond donors (Lipinski definition) is 3. The fourth-order valence-electron chi connectivity index (χ4n) is 3.91. The summed E-state index contributed by atoms with van der Waals surface area (Å²) >= 11 is 0. The van der Waals surface area contributed by atoms with Gasteiger partial charge in [0.2, 0.25) is 0 Å². The second-order valence-corrected chi connectivity index (χ2v) is 9.36. The topological polar surface area (TPSA) is 25.5 Å². The average Bonchev–Trinajstić information content (AvgIpc) is 2.51. The molecule has 0 rings (SSSR count). The van der Waals surface area contributed by atoms with Crippen LogP contribution < -0.4 is 66.1 Å². The molecule has 4 N–H and O–H groups in total. The molecule has 0 aromatic rings. The molecule has 0 spiro atoms. The van der Waals surface area contributed by atoms with E-state index < -0.39 is 0 Å². The van der Waals surface area contributed by atoms with Gasteiger partial charge in [-0.2, -0.15) is 0 Å². The molecule has 0 radical (unpaired) electrons. The van der Waals surface area contributed by atoms with Crippen LogP contribution in [0.5, 0.6) is 0 Å². The molecule has 176 valence electrons. The van der Waals surface area contributed by atoms with Crippen molar-refractivity contribution in [2.45, 2.75) is 96.9 Å². The minimum absolute atomic E-state index is 0. The number of nitrogens with two attached hydrogens (primary N) is 1. The largest absolute Gasteiger partial charge is 1.00 e. The normalized spacial score (nSPS) is 12.1. The van der Waals surface area contributed by atoms with Gasteiger partial charge >= 0.3 is 0 Å². The summed E-state index contributed by atoms with van der Waals surface area (Å²) in [6.07, 6.45) is 15.9. The van der Waals surface area contributed by atoms with E-state index in [4.69, 9.17) is 0 Å². The molecule has 1 unspecified atom stereocenters. The van der Waals surface area contributed by atoms with Gasteiger partial charge in [-0.1, -0.05) is 64.7 Å². The lowest BCUT2D eigenvalue weighted by molar-refractivity contribution is -0.915. The third-order valence-electron chi connectivity index (χ3n) is 5.28. The van der Waals surface area contributed by atoms with Crippen LogP contribution in [0.25, 0.3) is 0 Å². The van der Waals surface area contributed by atoms with E-state index >= 15 is 0 Å². The predicted molar refractivity (Wildman–Crippen MR) is 112 cm³/mol.